The van der Waals surface area contributed by atoms with Crippen LogP contribution in [0.2, 0.25) is 0 Å². The van der Waals surface area contributed by atoms with E-state index in [0.717, 1.165) is 44.9 Å². The number of hydrogen-bond donors (Lipinski definition) is 3. The first-order valence-electron chi connectivity index (χ1n) is 28.9. The number of unbranched alkanes of at least 4 members (excludes halogenated alkanes) is 41. The third kappa shape index (κ3) is 50.0. The van der Waals surface area contributed by atoms with Gasteiger partial charge in [-0.05, 0) is 44.9 Å². The molecule has 0 saturated heterocycles. The highest BCUT2D eigenvalue weighted by Gasteiger charge is 2.20. The van der Waals surface area contributed by atoms with Gasteiger partial charge in [-0.25, -0.2) is 0 Å². The van der Waals surface area contributed by atoms with Crippen molar-refractivity contribution in [2.75, 3.05) is 13.2 Å². The number of aliphatic hydroxyl groups excluding tert-OH is 2. The van der Waals surface area contributed by atoms with Gasteiger partial charge >= 0.3 is 5.97 Å². The second kappa shape index (κ2) is 54.2. The Hall–Kier alpha value is -1.40. The van der Waals surface area contributed by atoms with Gasteiger partial charge in [0.25, 0.3) is 0 Å². The molecule has 0 aliphatic heterocycles. The average Bonchev–Trinajstić information content (AvgIpc) is 3.29. The van der Waals surface area contributed by atoms with E-state index in [2.05, 4.69) is 31.3 Å². The fourth-order valence-electron chi connectivity index (χ4n) is 9.09. The van der Waals surface area contributed by atoms with E-state index in [9.17, 15) is 19.8 Å². The number of carbonyl (C=O) groups excluding carboxylic acids is 2. The molecule has 0 aromatic heterocycles. The Morgan fingerprint density at radius 1 is 0.422 bits per heavy atom. The summed E-state index contributed by atoms with van der Waals surface area (Å²) in [6.07, 6.45) is 63.7. The summed E-state index contributed by atoms with van der Waals surface area (Å²) in [6.45, 7) is 4.91. The molecule has 2 atom stereocenters. The first-order valence-corrected chi connectivity index (χ1v) is 28.9. The second-order valence-corrected chi connectivity index (χ2v) is 20.0. The molecule has 0 fully saturated rings. The van der Waals surface area contributed by atoms with Gasteiger partial charge in [0, 0.05) is 12.8 Å². The van der Waals surface area contributed by atoms with Crippen LogP contribution in [0, 0.1) is 0 Å². The number of aliphatic hydroxyl groups is 2. The van der Waals surface area contributed by atoms with Crippen LogP contribution in [-0.2, 0) is 14.3 Å². The monoisotopic (exact) mass is 904 g/mol. The van der Waals surface area contributed by atoms with Crippen LogP contribution in [0.4, 0.5) is 0 Å². The number of rotatable bonds is 54. The molecule has 380 valence electrons. The molecule has 6 heteroatoms. The van der Waals surface area contributed by atoms with Gasteiger partial charge in [-0.15, -0.1) is 0 Å². The molecule has 0 saturated carbocycles. The van der Waals surface area contributed by atoms with Crippen molar-refractivity contribution in [1.29, 1.82) is 0 Å². The van der Waals surface area contributed by atoms with Gasteiger partial charge in [-0.3, -0.25) is 9.59 Å². The maximum atomic E-state index is 12.4. The SMILES string of the molecule is CCCC/C=C\CCCCCCCC(=O)OCCCCCCCCCCCCCCCCCCCCCCCCCCCCCC(=O)NC(CO)C(O)CCCCCCCCCCC. The summed E-state index contributed by atoms with van der Waals surface area (Å²) in [5.41, 5.74) is 0. The molecular formula is C58H113NO5. The van der Waals surface area contributed by atoms with Crippen molar-refractivity contribution >= 4 is 11.9 Å². The molecule has 0 aliphatic rings. The minimum Gasteiger partial charge on any atom is -0.466 e. The Morgan fingerprint density at radius 2 is 0.750 bits per heavy atom. The Balaban J connectivity index is 3.31. The first-order chi connectivity index (χ1) is 31.5. The molecule has 0 aromatic rings. The fourth-order valence-corrected chi connectivity index (χ4v) is 9.09. The van der Waals surface area contributed by atoms with Crippen molar-refractivity contribution in [3.8, 4) is 0 Å². The van der Waals surface area contributed by atoms with Crippen molar-refractivity contribution < 1.29 is 24.5 Å². The summed E-state index contributed by atoms with van der Waals surface area (Å²) in [4.78, 5) is 24.4. The molecule has 3 N–H and O–H groups in total. The highest BCUT2D eigenvalue weighted by atomic mass is 16.5. The molecule has 6 nitrogen and oxygen atoms in total. The quantitative estimate of drug-likeness (QED) is 0.0321. The van der Waals surface area contributed by atoms with E-state index in [1.165, 1.54) is 244 Å². The normalized spacial score (nSPS) is 12.6. The van der Waals surface area contributed by atoms with E-state index in [0.29, 0.717) is 25.9 Å². The van der Waals surface area contributed by atoms with Crippen LogP contribution in [0.5, 0.6) is 0 Å². The van der Waals surface area contributed by atoms with Crippen molar-refractivity contribution in [2.45, 2.75) is 334 Å². The Morgan fingerprint density at radius 3 is 1.16 bits per heavy atom. The van der Waals surface area contributed by atoms with Gasteiger partial charge in [0.15, 0.2) is 0 Å². The molecule has 1 amide bonds. The summed E-state index contributed by atoms with van der Waals surface area (Å²) < 4.78 is 5.46. The maximum absolute atomic E-state index is 12.4. The summed E-state index contributed by atoms with van der Waals surface area (Å²) in [6, 6.07) is -0.536. The van der Waals surface area contributed by atoms with Crippen molar-refractivity contribution in [3.63, 3.8) is 0 Å². The van der Waals surface area contributed by atoms with Crippen molar-refractivity contribution in [1.82, 2.24) is 5.32 Å². The highest BCUT2D eigenvalue weighted by Crippen LogP contribution is 2.18. The van der Waals surface area contributed by atoms with Crippen LogP contribution in [0.25, 0.3) is 0 Å². The molecule has 2 unspecified atom stereocenters. The first kappa shape index (κ1) is 62.6. The summed E-state index contributed by atoms with van der Waals surface area (Å²) in [5.74, 6) is -0.0266. The van der Waals surface area contributed by atoms with E-state index in [1.807, 2.05) is 0 Å². The molecule has 0 spiro atoms. The zero-order valence-corrected chi connectivity index (χ0v) is 43.3. The van der Waals surface area contributed by atoms with Crippen LogP contribution >= 0.6 is 0 Å². The van der Waals surface area contributed by atoms with Gasteiger partial charge in [0.05, 0.1) is 25.4 Å². The van der Waals surface area contributed by atoms with E-state index in [-0.39, 0.29) is 18.5 Å². The number of allylic oxidation sites excluding steroid dienone is 2. The number of ether oxygens (including phenoxy) is 1. The van der Waals surface area contributed by atoms with Crippen LogP contribution in [0.3, 0.4) is 0 Å². The second-order valence-electron chi connectivity index (χ2n) is 20.0. The number of amides is 1. The Kier molecular flexibility index (Phi) is 53.0. The minimum absolute atomic E-state index is 0.00703. The molecule has 0 heterocycles. The molecule has 0 rings (SSSR count). The lowest BCUT2D eigenvalue weighted by atomic mass is 10.0. The predicted molar refractivity (Wildman–Crippen MR) is 278 cm³/mol. The Bertz CT molecular complexity index is 955. The van der Waals surface area contributed by atoms with Crippen molar-refractivity contribution in [3.05, 3.63) is 12.2 Å². The third-order valence-corrected chi connectivity index (χ3v) is 13.6. The average molecular weight is 905 g/mol. The van der Waals surface area contributed by atoms with Crippen LogP contribution < -0.4 is 5.32 Å². The smallest absolute Gasteiger partial charge is 0.305 e. The molecular weight excluding hydrogens is 791 g/mol. The molecule has 0 radical (unpaired) electrons. The number of esters is 1. The van der Waals surface area contributed by atoms with Crippen LogP contribution in [-0.4, -0.2) is 47.4 Å². The molecule has 0 bridgehead atoms. The number of hydrogen-bond acceptors (Lipinski definition) is 5. The zero-order chi connectivity index (χ0) is 46.5. The van der Waals surface area contributed by atoms with E-state index in [4.69, 9.17) is 4.74 Å². The number of carbonyl (C=O) groups is 2. The van der Waals surface area contributed by atoms with Crippen LogP contribution in [0.1, 0.15) is 322 Å². The number of nitrogens with one attached hydrogen (secondary N) is 1. The topological polar surface area (TPSA) is 95.9 Å². The van der Waals surface area contributed by atoms with E-state index < -0.39 is 12.1 Å². The van der Waals surface area contributed by atoms with Crippen molar-refractivity contribution in [2.24, 2.45) is 0 Å². The largest absolute Gasteiger partial charge is 0.466 e. The maximum Gasteiger partial charge on any atom is 0.305 e. The zero-order valence-electron chi connectivity index (χ0n) is 43.3. The van der Waals surface area contributed by atoms with Gasteiger partial charge in [0.2, 0.25) is 5.91 Å². The van der Waals surface area contributed by atoms with Gasteiger partial charge in [-0.2, -0.15) is 0 Å². The van der Waals surface area contributed by atoms with Crippen LogP contribution in [0.15, 0.2) is 12.2 Å². The highest BCUT2D eigenvalue weighted by molar-refractivity contribution is 5.76. The van der Waals surface area contributed by atoms with Gasteiger partial charge < -0.3 is 20.3 Å². The molecule has 64 heavy (non-hydrogen) atoms. The summed E-state index contributed by atoms with van der Waals surface area (Å²) in [7, 11) is 0. The lowest BCUT2D eigenvalue weighted by Crippen LogP contribution is -2.45. The standard InChI is InChI=1S/C58H113NO5/c1-3-5-7-9-11-13-31-36-40-44-48-52-58(63)64-53-49-45-41-37-33-30-28-26-24-22-20-18-16-14-15-17-19-21-23-25-27-29-32-35-39-43-47-51-57(62)59-55(54-60)56(61)50-46-42-38-34-12-10-8-6-4-2/h9,11,55-56,60-61H,3-8,10,12-54H2,1-2H3,(H,59,62)/b11-9-. The molecule has 0 aliphatic carbocycles. The minimum atomic E-state index is -0.659. The van der Waals surface area contributed by atoms with Gasteiger partial charge in [0.1, 0.15) is 0 Å². The van der Waals surface area contributed by atoms with E-state index >= 15 is 0 Å². The summed E-state index contributed by atoms with van der Waals surface area (Å²) >= 11 is 0. The van der Waals surface area contributed by atoms with Gasteiger partial charge in [-0.1, -0.05) is 276 Å². The third-order valence-electron chi connectivity index (χ3n) is 13.6. The fraction of sp³-hybridized carbons (Fsp3) is 0.931. The molecule has 0 aromatic carbocycles. The lowest BCUT2D eigenvalue weighted by Gasteiger charge is -2.22. The predicted octanol–water partition coefficient (Wildman–Crippen LogP) is 17.7. The Labute approximate surface area is 399 Å². The van der Waals surface area contributed by atoms with E-state index in [1.54, 1.807) is 0 Å². The lowest BCUT2D eigenvalue weighted by molar-refractivity contribution is -0.143. The summed E-state index contributed by atoms with van der Waals surface area (Å²) in [5, 5.41) is 23.1.